The fraction of sp³-hybridized carbons (Fsp3) is 0.0833. The van der Waals surface area contributed by atoms with Gasteiger partial charge in [-0.15, -0.1) is 0 Å². The van der Waals surface area contributed by atoms with Gasteiger partial charge in [-0.2, -0.15) is 0 Å². The molecule has 0 aliphatic heterocycles. The normalized spacial score (nSPS) is 9.94. The number of carbonyl (C=O) groups is 1. The summed E-state index contributed by atoms with van der Waals surface area (Å²) in [7, 11) is 0. The molecule has 1 N–H and O–H groups in total. The van der Waals surface area contributed by atoms with Crippen LogP contribution < -0.4 is 4.74 Å². The van der Waals surface area contributed by atoms with Crippen molar-refractivity contribution in [3.8, 4) is 11.5 Å². The molecule has 0 amide bonds. The van der Waals surface area contributed by atoms with Crippen LogP contribution in [0.25, 0.3) is 0 Å². The van der Waals surface area contributed by atoms with Gasteiger partial charge in [-0.25, -0.2) is 4.79 Å². The molecule has 0 radical (unpaired) electrons. The van der Waals surface area contributed by atoms with E-state index in [4.69, 9.17) is 9.84 Å². The van der Waals surface area contributed by atoms with Crippen molar-refractivity contribution < 1.29 is 14.6 Å². The molecule has 5 heteroatoms. The van der Waals surface area contributed by atoms with E-state index in [-0.39, 0.29) is 11.3 Å². The van der Waals surface area contributed by atoms with Crippen LogP contribution in [0.2, 0.25) is 0 Å². The van der Waals surface area contributed by atoms with E-state index >= 15 is 0 Å². The Morgan fingerprint density at radius 1 is 1.29 bits per heavy atom. The van der Waals surface area contributed by atoms with E-state index in [1.165, 1.54) is 18.5 Å². The summed E-state index contributed by atoms with van der Waals surface area (Å²) in [6.07, 6.45) is 4.27. The second kappa shape index (κ2) is 4.61. The third-order valence-corrected chi connectivity index (χ3v) is 2.12. The lowest BCUT2D eigenvalue weighted by Crippen LogP contribution is -2.00. The molecule has 2 aromatic rings. The summed E-state index contributed by atoms with van der Waals surface area (Å²) in [5, 5.41) is 8.95. The predicted molar refractivity (Wildman–Crippen MR) is 60.2 cm³/mol. The number of rotatable bonds is 3. The lowest BCUT2D eigenvalue weighted by Gasteiger charge is -2.07. The van der Waals surface area contributed by atoms with Crippen LogP contribution in [0.4, 0.5) is 0 Å². The van der Waals surface area contributed by atoms with Gasteiger partial charge in [-0.05, 0) is 19.1 Å². The van der Waals surface area contributed by atoms with Crippen molar-refractivity contribution in [1.29, 1.82) is 0 Å². The monoisotopic (exact) mass is 230 g/mol. The number of nitrogens with zero attached hydrogens (tertiary/aromatic N) is 2. The van der Waals surface area contributed by atoms with Crippen molar-refractivity contribution in [2.45, 2.75) is 6.92 Å². The van der Waals surface area contributed by atoms with E-state index in [1.807, 2.05) is 6.92 Å². The molecular formula is C12H10N2O3. The largest absolute Gasteiger partial charge is 0.477 e. The molecule has 0 spiro atoms. The van der Waals surface area contributed by atoms with Gasteiger partial charge in [0.25, 0.3) is 0 Å². The number of carboxylic acid groups (broad SMARTS) is 1. The van der Waals surface area contributed by atoms with Crippen LogP contribution in [0.1, 0.15) is 16.1 Å². The standard InChI is InChI=1S/C12H10N2O3/c1-8-2-3-9(6-14-8)17-11-4-5-13-7-10(11)12(15)16/h2-7H,1H3,(H,15,16). The van der Waals surface area contributed by atoms with Gasteiger partial charge in [-0.1, -0.05) is 0 Å². The van der Waals surface area contributed by atoms with E-state index in [0.29, 0.717) is 5.75 Å². The van der Waals surface area contributed by atoms with Crippen molar-refractivity contribution in [1.82, 2.24) is 9.97 Å². The number of carboxylic acids is 1. The Balaban J connectivity index is 2.30. The zero-order valence-electron chi connectivity index (χ0n) is 9.12. The highest BCUT2D eigenvalue weighted by atomic mass is 16.5. The van der Waals surface area contributed by atoms with Crippen LogP contribution in [0, 0.1) is 6.92 Å². The topological polar surface area (TPSA) is 72.3 Å². The minimum Gasteiger partial charge on any atom is -0.477 e. The number of hydrogen-bond acceptors (Lipinski definition) is 4. The van der Waals surface area contributed by atoms with Crippen LogP contribution >= 0.6 is 0 Å². The zero-order valence-corrected chi connectivity index (χ0v) is 9.12. The summed E-state index contributed by atoms with van der Waals surface area (Å²) in [5.41, 5.74) is 0.888. The Morgan fingerprint density at radius 3 is 2.76 bits per heavy atom. The second-order valence-electron chi connectivity index (χ2n) is 3.41. The average molecular weight is 230 g/mol. The molecule has 0 aliphatic carbocycles. The van der Waals surface area contributed by atoms with Gasteiger partial charge in [0.1, 0.15) is 17.1 Å². The Kier molecular flexibility index (Phi) is 3.00. The van der Waals surface area contributed by atoms with Gasteiger partial charge in [0, 0.05) is 24.2 Å². The van der Waals surface area contributed by atoms with Crippen molar-refractivity contribution in [2.24, 2.45) is 0 Å². The molecule has 0 unspecified atom stereocenters. The van der Waals surface area contributed by atoms with Crippen LogP contribution in [-0.4, -0.2) is 21.0 Å². The van der Waals surface area contributed by atoms with E-state index in [2.05, 4.69) is 9.97 Å². The Bertz CT molecular complexity index is 538. The quantitative estimate of drug-likeness (QED) is 0.875. The fourth-order valence-electron chi connectivity index (χ4n) is 1.27. The summed E-state index contributed by atoms with van der Waals surface area (Å²) >= 11 is 0. The highest BCUT2D eigenvalue weighted by molar-refractivity contribution is 5.90. The molecule has 86 valence electrons. The van der Waals surface area contributed by atoms with Crippen LogP contribution in [0.15, 0.2) is 36.8 Å². The molecule has 0 atom stereocenters. The molecule has 2 heterocycles. The molecule has 0 bridgehead atoms. The Hall–Kier alpha value is -2.43. The van der Waals surface area contributed by atoms with E-state index < -0.39 is 5.97 Å². The van der Waals surface area contributed by atoms with Crippen molar-refractivity contribution in [3.63, 3.8) is 0 Å². The molecule has 0 saturated carbocycles. The van der Waals surface area contributed by atoms with Gasteiger partial charge in [0.05, 0.1) is 6.20 Å². The zero-order chi connectivity index (χ0) is 12.3. The van der Waals surface area contributed by atoms with Gasteiger partial charge in [0.15, 0.2) is 0 Å². The molecule has 0 aromatic carbocycles. The van der Waals surface area contributed by atoms with Gasteiger partial charge in [-0.3, -0.25) is 9.97 Å². The number of ether oxygens (including phenoxy) is 1. The first kappa shape index (κ1) is 11.1. The van der Waals surface area contributed by atoms with Crippen LogP contribution in [0.3, 0.4) is 0 Å². The third-order valence-electron chi connectivity index (χ3n) is 2.12. The van der Waals surface area contributed by atoms with Crippen LogP contribution in [0.5, 0.6) is 11.5 Å². The molecule has 17 heavy (non-hydrogen) atoms. The maximum absolute atomic E-state index is 10.9. The highest BCUT2D eigenvalue weighted by Gasteiger charge is 2.11. The molecule has 0 aliphatic rings. The van der Waals surface area contributed by atoms with Gasteiger partial charge >= 0.3 is 5.97 Å². The molecule has 2 rings (SSSR count). The minimum atomic E-state index is -1.08. The first-order chi connectivity index (χ1) is 8.16. The smallest absolute Gasteiger partial charge is 0.341 e. The number of aromatic nitrogens is 2. The lowest BCUT2D eigenvalue weighted by atomic mass is 10.2. The van der Waals surface area contributed by atoms with Crippen molar-refractivity contribution in [3.05, 3.63) is 48.0 Å². The summed E-state index contributed by atoms with van der Waals surface area (Å²) in [6.45, 7) is 1.86. The first-order valence-corrected chi connectivity index (χ1v) is 4.94. The fourth-order valence-corrected chi connectivity index (χ4v) is 1.27. The summed E-state index contributed by atoms with van der Waals surface area (Å²) < 4.78 is 5.44. The molecule has 5 nitrogen and oxygen atoms in total. The van der Waals surface area contributed by atoms with E-state index in [9.17, 15) is 4.79 Å². The van der Waals surface area contributed by atoms with Gasteiger partial charge in [0.2, 0.25) is 0 Å². The summed E-state index contributed by atoms with van der Waals surface area (Å²) in [5.74, 6) is -0.337. The third kappa shape index (κ3) is 2.57. The van der Waals surface area contributed by atoms with Crippen molar-refractivity contribution >= 4 is 5.97 Å². The number of hydrogen-bond donors (Lipinski definition) is 1. The van der Waals surface area contributed by atoms with E-state index in [1.54, 1.807) is 18.3 Å². The molecule has 2 aromatic heterocycles. The Labute approximate surface area is 97.7 Å². The maximum Gasteiger partial charge on any atom is 0.341 e. The molecular weight excluding hydrogens is 220 g/mol. The number of aromatic carboxylic acids is 1. The first-order valence-electron chi connectivity index (χ1n) is 4.94. The number of aryl methyl sites for hydroxylation is 1. The lowest BCUT2D eigenvalue weighted by molar-refractivity contribution is 0.0693. The Morgan fingerprint density at radius 2 is 2.12 bits per heavy atom. The van der Waals surface area contributed by atoms with Crippen molar-refractivity contribution in [2.75, 3.05) is 0 Å². The number of pyridine rings is 2. The summed E-state index contributed by atoms with van der Waals surface area (Å²) in [4.78, 5) is 18.7. The van der Waals surface area contributed by atoms with E-state index in [0.717, 1.165) is 5.69 Å². The molecule has 0 fully saturated rings. The SMILES string of the molecule is Cc1ccc(Oc2ccncc2C(=O)O)cn1. The molecule has 0 saturated heterocycles. The average Bonchev–Trinajstić information content (AvgIpc) is 2.32. The highest BCUT2D eigenvalue weighted by Crippen LogP contribution is 2.23. The maximum atomic E-state index is 10.9. The minimum absolute atomic E-state index is 0.0214. The van der Waals surface area contributed by atoms with Gasteiger partial charge < -0.3 is 9.84 Å². The van der Waals surface area contributed by atoms with Crippen LogP contribution in [-0.2, 0) is 0 Å². The summed E-state index contributed by atoms with van der Waals surface area (Å²) in [6, 6.07) is 5.02. The second-order valence-corrected chi connectivity index (χ2v) is 3.41. The predicted octanol–water partition coefficient (Wildman–Crippen LogP) is 2.28.